The summed E-state index contributed by atoms with van der Waals surface area (Å²) in [5.74, 6) is -5.24. The average molecular weight is 309 g/mol. The van der Waals surface area contributed by atoms with E-state index in [2.05, 4.69) is 0 Å². The standard InChI is InChI=1S/C13H12F5NO2/c14-7-4-5-8(20)11(15)10(7)12(21)19-6-2-1-3-9(19)13(16,17)18/h4-5,9,20H,1-3,6H2. The number of alkyl halides is 3. The van der Waals surface area contributed by atoms with Gasteiger partial charge in [-0.05, 0) is 31.4 Å². The van der Waals surface area contributed by atoms with Crippen molar-refractivity contribution in [3.05, 3.63) is 29.3 Å². The Balaban J connectivity index is 2.41. The highest BCUT2D eigenvalue weighted by molar-refractivity contribution is 5.95. The van der Waals surface area contributed by atoms with Crippen LogP contribution >= 0.6 is 0 Å². The second-order valence-electron chi connectivity index (χ2n) is 4.81. The second-order valence-corrected chi connectivity index (χ2v) is 4.81. The Morgan fingerprint density at radius 1 is 1.24 bits per heavy atom. The zero-order chi connectivity index (χ0) is 15.8. The Bertz CT molecular complexity index is 558. The van der Waals surface area contributed by atoms with Crippen molar-refractivity contribution in [2.75, 3.05) is 6.54 Å². The Kier molecular flexibility index (Phi) is 4.06. The smallest absolute Gasteiger partial charge is 0.408 e. The van der Waals surface area contributed by atoms with Crippen LogP contribution in [0.5, 0.6) is 5.75 Å². The van der Waals surface area contributed by atoms with Gasteiger partial charge in [-0.3, -0.25) is 4.79 Å². The van der Waals surface area contributed by atoms with Gasteiger partial charge in [-0.1, -0.05) is 0 Å². The number of phenols is 1. The number of hydrogen-bond acceptors (Lipinski definition) is 2. The topological polar surface area (TPSA) is 40.5 Å². The van der Waals surface area contributed by atoms with Gasteiger partial charge in [-0.2, -0.15) is 13.2 Å². The summed E-state index contributed by atoms with van der Waals surface area (Å²) in [7, 11) is 0. The number of hydrogen-bond donors (Lipinski definition) is 1. The predicted octanol–water partition coefficient (Wildman–Crippen LogP) is 3.23. The SMILES string of the molecule is O=C(c1c(F)ccc(O)c1F)N1CCCCC1C(F)(F)F. The number of piperidine rings is 1. The van der Waals surface area contributed by atoms with Crippen molar-refractivity contribution in [1.82, 2.24) is 4.90 Å². The van der Waals surface area contributed by atoms with E-state index in [1.165, 1.54) is 0 Å². The number of nitrogens with zero attached hydrogens (tertiary/aromatic N) is 1. The van der Waals surface area contributed by atoms with Crippen molar-refractivity contribution in [2.45, 2.75) is 31.5 Å². The normalized spacial score (nSPS) is 19.7. The number of halogens is 5. The van der Waals surface area contributed by atoms with E-state index in [1.807, 2.05) is 0 Å². The number of phenolic OH excluding ortho intramolecular Hbond substituents is 1. The minimum atomic E-state index is -4.67. The summed E-state index contributed by atoms with van der Waals surface area (Å²) in [5.41, 5.74) is -1.16. The number of aromatic hydroxyl groups is 1. The van der Waals surface area contributed by atoms with E-state index in [0.717, 1.165) is 0 Å². The zero-order valence-electron chi connectivity index (χ0n) is 10.8. The van der Waals surface area contributed by atoms with Gasteiger partial charge in [-0.15, -0.1) is 0 Å². The van der Waals surface area contributed by atoms with Crippen LogP contribution in [0.1, 0.15) is 29.6 Å². The Hall–Kier alpha value is -1.86. The molecule has 1 heterocycles. The van der Waals surface area contributed by atoms with Crippen molar-refractivity contribution in [3.63, 3.8) is 0 Å². The fourth-order valence-electron chi connectivity index (χ4n) is 2.40. The minimum absolute atomic E-state index is 0.239. The van der Waals surface area contributed by atoms with Crippen LogP contribution in [0, 0.1) is 11.6 Å². The molecule has 3 nitrogen and oxygen atoms in total. The maximum atomic E-state index is 13.7. The first-order valence-electron chi connectivity index (χ1n) is 6.28. The molecule has 1 fully saturated rings. The zero-order valence-corrected chi connectivity index (χ0v) is 10.8. The third-order valence-corrected chi connectivity index (χ3v) is 3.43. The number of likely N-dealkylation sites (tertiary alicyclic amines) is 1. The molecular weight excluding hydrogens is 297 g/mol. The van der Waals surface area contributed by atoms with E-state index in [0.29, 0.717) is 23.5 Å². The molecule has 21 heavy (non-hydrogen) atoms. The lowest BCUT2D eigenvalue weighted by Gasteiger charge is -2.36. The van der Waals surface area contributed by atoms with E-state index in [1.54, 1.807) is 0 Å². The molecule has 8 heteroatoms. The molecule has 1 N–H and O–H groups in total. The van der Waals surface area contributed by atoms with Crippen molar-refractivity contribution in [2.24, 2.45) is 0 Å². The molecule has 1 aliphatic rings. The third kappa shape index (κ3) is 2.93. The second kappa shape index (κ2) is 5.50. The molecule has 1 amide bonds. The highest BCUT2D eigenvalue weighted by atomic mass is 19.4. The molecule has 116 valence electrons. The maximum absolute atomic E-state index is 13.7. The summed E-state index contributed by atoms with van der Waals surface area (Å²) in [6.45, 7) is -0.239. The van der Waals surface area contributed by atoms with Gasteiger partial charge in [-0.25, -0.2) is 8.78 Å². The Labute approximate surface area is 117 Å². The van der Waals surface area contributed by atoms with E-state index < -0.39 is 41.1 Å². The maximum Gasteiger partial charge on any atom is 0.408 e. The molecule has 0 bridgehead atoms. The fraction of sp³-hybridized carbons (Fsp3) is 0.462. The lowest BCUT2D eigenvalue weighted by Crippen LogP contribution is -2.51. The van der Waals surface area contributed by atoms with Gasteiger partial charge >= 0.3 is 6.18 Å². The van der Waals surface area contributed by atoms with Crippen molar-refractivity contribution in [3.8, 4) is 5.75 Å². The number of carbonyl (C=O) groups is 1. The number of benzene rings is 1. The summed E-state index contributed by atoms with van der Waals surface area (Å²) in [6.07, 6.45) is -4.38. The largest absolute Gasteiger partial charge is 0.505 e. The number of amides is 1. The molecule has 0 saturated carbocycles. The Morgan fingerprint density at radius 3 is 2.52 bits per heavy atom. The molecule has 1 aliphatic heterocycles. The van der Waals surface area contributed by atoms with Crippen molar-refractivity contribution >= 4 is 5.91 Å². The van der Waals surface area contributed by atoms with Gasteiger partial charge < -0.3 is 10.0 Å². The van der Waals surface area contributed by atoms with E-state index in [9.17, 15) is 26.7 Å². The average Bonchev–Trinajstić information content (AvgIpc) is 2.42. The molecule has 0 radical (unpaired) electrons. The molecule has 2 rings (SSSR count). The summed E-state index contributed by atoms with van der Waals surface area (Å²) >= 11 is 0. The van der Waals surface area contributed by atoms with Crippen LogP contribution in [0.15, 0.2) is 12.1 Å². The first-order chi connectivity index (χ1) is 9.73. The van der Waals surface area contributed by atoms with Crippen LogP contribution in [-0.2, 0) is 0 Å². The number of carbonyl (C=O) groups excluding carboxylic acids is 1. The lowest BCUT2D eigenvalue weighted by molar-refractivity contribution is -0.183. The van der Waals surface area contributed by atoms with Gasteiger partial charge in [0.25, 0.3) is 5.91 Å². The van der Waals surface area contributed by atoms with Crippen LogP contribution in [0.3, 0.4) is 0 Å². The first kappa shape index (κ1) is 15.5. The van der Waals surface area contributed by atoms with Gasteiger partial charge in [0.1, 0.15) is 17.4 Å². The van der Waals surface area contributed by atoms with Crippen molar-refractivity contribution < 1.29 is 31.9 Å². The number of rotatable bonds is 1. The monoisotopic (exact) mass is 309 g/mol. The highest BCUT2D eigenvalue weighted by Crippen LogP contribution is 2.34. The molecule has 0 aromatic heterocycles. The molecule has 1 atom stereocenters. The van der Waals surface area contributed by atoms with Crippen molar-refractivity contribution in [1.29, 1.82) is 0 Å². The molecular formula is C13H12F5NO2. The molecule has 1 aromatic carbocycles. The third-order valence-electron chi connectivity index (χ3n) is 3.43. The van der Waals surface area contributed by atoms with Gasteiger partial charge in [0.05, 0.1) is 0 Å². The quantitative estimate of drug-likeness (QED) is 0.809. The first-order valence-corrected chi connectivity index (χ1v) is 6.28. The van der Waals surface area contributed by atoms with Crippen LogP contribution in [-0.4, -0.2) is 34.7 Å². The molecule has 0 aliphatic carbocycles. The van der Waals surface area contributed by atoms with Gasteiger partial charge in [0.2, 0.25) is 0 Å². The lowest BCUT2D eigenvalue weighted by atomic mass is 10.00. The van der Waals surface area contributed by atoms with Gasteiger partial charge in [0, 0.05) is 6.54 Å². The van der Waals surface area contributed by atoms with Crippen LogP contribution in [0.25, 0.3) is 0 Å². The molecule has 1 aromatic rings. The molecule has 0 spiro atoms. The van der Waals surface area contributed by atoms with Gasteiger partial charge in [0.15, 0.2) is 11.6 Å². The predicted molar refractivity (Wildman–Crippen MR) is 62.8 cm³/mol. The van der Waals surface area contributed by atoms with E-state index in [-0.39, 0.29) is 19.4 Å². The van der Waals surface area contributed by atoms with E-state index >= 15 is 0 Å². The van der Waals surface area contributed by atoms with E-state index in [4.69, 9.17) is 5.11 Å². The van der Waals surface area contributed by atoms with Crippen LogP contribution < -0.4 is 0 Å². The Morgan fingerprint density at radius 2 is 1.90 bits per heavy atom. The highest BCUT2D eigenvalue weighted by Gasteiger charge is 2.47. The summed E-state index contributed by atoms with van der Waals surface area (Å²) in [4.78, 5) is 12.5. The fourth-order valence-corrected chi connectivity index (χ4v) is 2.40. The molecule has 1 unspecified atom stereocenters. The summed E-state index contributed by atoms with van der Waals surface area (Å²) in [6, 6.07) is -0.739. The summed E-state index contributed by atoms with van der Waals surface area (Å²) in [5, 5.41) is 9.16. The molecule has 1 saturated heterocycles. The summed E-state index contributed by atoms with van der Waals surface area (Å²) < 4.78 is 66.0. The van der Waals surface area contributed by atoms with Crippen LogP contribution in [0.2, 0.25) is 0 Å². The minimum Gasteiger partial charge on any atom is -0.505 e. The van der Waals surface area contributed by atoms with Crippen LogP contribution in [0.4, 0.5) is 22.0 Å².